The molecule has 4 nitrogen and oxygen atoms in total. The van der Waals surface area contributed by atoms with Crippen LogP contribution in [0.4, 0.5) is 10.1 Å². The molecule has 3 heterocycles. The average Bonchev–Trinajstić information content (AvgIpc) is 3.09. The lowest BCUT2D eigenvalue weighted by Gasteiger charge is -2.27. The number of pyridine rings is 2. The first kappa shape index (κ1) is 16.3. The fourth-order valence-electron chi connectivity index (χ4n) is 3.27. The smallest absolute Gasteiger partial charge is 0.123 e. The van der Waals surface area contributed by atoms with Crippen molar-refractivity contribution in [1.82, 2.24) is 9.97 Å². The molecule has 1 aromatic carbocycles. The molecule has 0 amide bonds. The zero-order chi connectivity index (χ0) is 17.2. The Morgan fingerprint density at radius 2 is 2.04 bits per heavy atom. The Balaban J connectivity index is 1.56. The summed E-state index contributed by atoms with van der Waals surface area (Å²) >= 11 is 3.45. The lowest BCUT2D eigenvalue weighted by molar-refractivity contribution is 0.288. The van der Waals surface area contributed by atoms with Crippen LogP contribution in [0.15, 0.2) is 53.3 Å². The van der Waals surface area contributed by atoms with Crippen molar-refractivity contribution in [2.45, 2.75) is 18.9 Å². The Hall–Kier alpha value is -2.21. The van der Waals surface area contributed by atoms with Crippen molar-refractivity contribution in [3.63, 3.8) is 0 Å². The van der Waals surface area contributed by atoms with Gasteiger partial charge in [0.25, 0.3) is 0 Å². The predicted molar refractivity (Wildman–Crippen MR) is 99.5 cm³/mol. The summed E-state index contributed by atoms with van der Waals surface area (Å²) in [5, 5.41) is 0. The zero-order valence-electron chi connectivity index (χ0n) is 13.5. The van der Waals surface area contributed by atoms with Crippen LogP contribution in [0.25, 0.3) is 11.0 Å². The molecule has 6 heteroatoms. The summed E-state index contributed by atoms with van der Waals surface area (Å²) in [5.74, 6) is 0.435. The Morgan fingerprint density at radius 1 is 1.20 bits per heavy atom. The van der Waals surface area contributed by atoms with Crippen LogP contribution >= 0.6 is 15.9 Å². The molecular formula is C19H17BrFN3O. The molecule has 3 aromatic rings. The summed E-state index contributed by atoms with van der Waals surface area (Å²) < 4.78 is 19.8. The van der Waals surface area contributed by atoms with E-state index in [1.165, 1.54) is 12.1 Å². The van der Waals surface area contributed by atoms with Gasteiger partial charge in [0.05, 0.1) is 17.2 Å². The summed E-state index contributed by atoms with van der Waals surface area (Å²) in [6, 6.07) is 10.4. The number of aromatic nitrogens is 2. The number of benzene rings is 1. The fraction of sp³-hybridized carbons (Fsp3) is 0.263. The fourth-order valence-corrected chi connectivity index (χ4v) is 3.59. The number of ether oxygens (including phenoxy) is 1. The largest absolute Gasteiger partial charge is 0.491 e. The Bertz CT molecular complexity index is 887. The molecule has 128 valence electrons. The molecule has 0 bridgehead atoms. The third-order valence-electron chi connectivity index (χ3n) is 4.47. The molecule has 0 spiro atoms. The van der Waals surface area contributed by atoms with Crippen LogP contribution in [-0.4, -0.2) is 29.2 Å². The first-order chi connectivity index (χ1) is 12.2. The minimum atomic E-state index is -0.254. The number of nitrogens with zero attached hydrogens (tertiary/aromatic N) is 3. The molecule has 1 aliphatic rings. The number of rotatable bonds is 4. The summed E-state index contributed by atoms with van der Waals surface area (Å²) in [4.78, 5) is 11.3. The van der Waals surface area contributed by atoms with Gasteiger partial charge in [-0.3, -0.25) is 9.97 Å². The van der Waals surface area contributed by atoms with Gasteiger partial charge in [-0.25, -0.2) is 4.39 Å². The molecule has 1 fully saturated rings. The standard InChI is InChI=1S/C19H17BrFN3O/c20-13-10-17-19(23-11-13)18(7-8-22-17)24-9-1-2-15(24)12-25-16-5-3-14(21)4-6-16/h3-8,10-11,15H,1-2,9,12H2/t15-/m0/s1. The zero-order valence-corrected chi connectivity index (χ0v) is 15.1. The van der Waals surface area contributed by atoms with Gasteiger partial charge in [0.2, 0.25) is 0 Å². The van der Waals surface area contributed by atoms with Gasteiger partial charge in [0.15, 0.2) is 0 Å². The van der Waals surface area contributed by atoms with Crippen LogP contribution < -0.4 is 9.64 Å². The Kier molecular flexibility index (Phi) is 4.53. The third-order valence-corrected chi connectivity index (χ3v) is 4.90. The second-order valence-corrected chi connectivity index (χ2v) is 7.02. The highest BCUT2D eigenvalue weighted by molar-refractivity contribution is 9.10. The van der Waals surface area contributed by atoms with Gasteiger partial charge in [-0.05, 0) is 65.2 Å². The molecule has 1 atom stereocenters. The third kappa shape index (κ3) is 3.44. The van der Waals surface area contributed by atoms with Crippen molar-refractivity contribution < 1.29 is 9.13 Å². The minimum Gasteiger partial charge on any atom is -0.491 e. The van der Waals surface area contributed by atoms with E-state index < -0.39 is 0 Å². The summed E-state index contributed by atoms with van der Waals surface area (Å²) in [7, 11) is 0. The molecule has 1 saturated heterocycles. The van der Waals surface area contributed by atoms with Gasteiger partial charge in [0.1, 0.15) is 23.7 Å². The number of hydrogen-bond acceptors (Lipinski definition) is 4. The van der Waals surface area contributed by atoms with Gasteiger partial charge >= 0.3 is 0 Å². The number of hydrogen-bond donors (Lipinski definition) is 0. The van der Waals surface area contributed by atoms with Crippen molar-refractivity contribution in [3.8, 4) is 5.75 Å². The van der Waals surface area contributed by atoms with Crippen LogP contribution in [0, 0.1) is 5.82 Å². The molecule has 0 saturated carbocycles. The van der Waals surface area contributed by atoms with E-state index in [1.54, 1.807) is 18.3 Å². The molecule has 25 heavy (non-hydrogen) atoms. The second kappa shape index (κ2) is 6.96. The minimum absolute atomic E-state index is 0.254. The van der Waals surface area contributed by atoms with Crippen LogP contribution in [0.1, 0.15) is 12.8 Å². The van der Waals surface area contributed by atoms with Gasteiger partial charge < -0.3 is 9.64 Å². The topological polar surface area (TPSA) is 38.2 Å². The first-order valence-corrected chi connectivity index (χ1v) is 9.05. The van der Waals surface area contributed by atoms with E-state index in [4.69, 9.17) is 4.74 Å². The molecule has 0 N–H and O–H groups in total. The van der Waals surface area contributed by atoms with Crippen LogP contribution in [0.5, 0.6) is 5.75 Å². The predicted octanol–water partition coefficient (Wildman–Crippen LogP) is 4.58. The quantitative estimate of drug-likeness (QED) is 0.641. The lowest BCUT2D eigenvalue weighted by atomic mass is 10.2. The van der Waals surface area contributed by atoms with Crippen LogP contribution in [-0.2, 0) is 0 Å². The highest BCUT2D eigenvalue weighted by Crippen LogP contribution is 2.31. The van der Waals surface area contributed by atoms with Gasteiger partial charge in [-0.1, -0.05) is 0 Å². The van der Waals surface area contributed by atoms with Crippen molar-refractivity contribution >= 4 is 32.7 Å². The molecule has 1 aliphatic heterocycles. The van der Waals surface area contributed by atoms with E-state index in [0.29, 0.717) is 12.4 Å². The monoisotopic (exact) mass is 401 g/mol. The van der Waals surface area contributed by atoms with Crippen molar-refractivity contribution in [1.29, 1.82) is 0 Å². The molecule has 0 radical (unpaired) electrons. The van der Waals surface area contributed by atoms with E-state index in [9.17, 15) is 4.39 Å². The average molecular weight is 402 g/mol. The SMILES string of the molecule is Fc1ccc(OC[C@@H]2CCCN2c2ccnc3cc(Br)cnc23)cc1. The molecule has 0 unspecified atom stereocenters. The number of anilines is 1. The van der Waals surface area contributed by atoms with E-state index in [2.05, 4.69) is 30.8 Å². The van der Waals surface area contributed by atoms with Gasteiger partial charge in [-0.15, -0.1) is 0 Å². The summed E-state index contributed by atoms with van der Waals surface area (Å²) in [5.41, 5.74) is 2.86. The molecule has 4 rings (SSSR count). The normalized spacial score (nSPS) is 17.2. The number of fused-ring (bicyclic) bond motifs is 1. The molecule has 2 aromatic heterocycles. The van der Waals surface area contributed by atoms with E-state index >= 15 is 0 Å². The number of halogens is 2. The van der Waals surface area contributed by atoms with E-state index in [1.807, 2.05) is 18.3 Å². The second-order valence-electron chi connectivity index (χ2n) is 6.11. The highest BCUT2D eigenvalue weighted by Gasteiger charge is 2.27. The lowest BCUT2D eigenvalue weighted by Crippen LogP contribution is -2.34. The highest BCUT2D eigenvalue weighted by atomic mass is 79.9. The first-order valence-electron chi connectivity index (χ1n) is 8.26. The van der Waals surface area contributed by atoms with E-state index in [0.717, 1.165) is 40.6 Å². The summed E-state index contributed by atoms with van der Waals surface area (Å²) in [6.07, 6.45) is 5.79. The summed E-state index contributed by atoms with van der Waals surface area (Å²) in [6.45, 7) is 1.53. The Morgan fingerprint density at radius 3 is 2.88 bits per heavy atom. The van der Waals surface area contributed by atoms with Crippen molar-refractivity contribution in [2.75, 3.05) is 18.1 Å². The van der Waals surface area contributed by atoms with Gasteiger partial charge in [-0.2, -0.15) is 0 Å². The van der Waals surface area contributed by atoms with Gasteiger partial charge in [0, 0.05) is 23.4 Å². The van der Waals surface area contributed by atoms with Crippen LogP contribution in [0.2, 0.25) is 0 Å². The maximum absolute atomic E-state index is 13.0. The van der Waals surface area contributed by atoms with Crippen molar-refractivity contribution in [2.24, 2.45) is 0 Å². The molecular weight excluding hydrogens is 385 g/mol. The maximum atomic E-state index is 13.0. The maximum Gasteiger partial charge on any atom is 0.123 e. The van der Waals surface area contributed by atoms with Crippen molar-refractivity contribution in [3.05, 3.63) is 59.1 Å². The Labute approximate surface area is 153 Å². The molecule has 0 aliphatic carbocycles. The van der Waals surface area contributed by atoms with E-state index in [-0.39, 0.29) is 11.9 Å². The van der Waals surface area contributed by atoms with Crippen LogP contribution in [0.3, 0.4) is 0 Å².